The van der Waals surface area contributed by atoms with Gasteiger partial charge in [0.25, 0.3) is 0 Å². The highest BCUT2D eigenvalue weighted by Gasteiger charge is 2.34. The summed E-state index contributed by atoms with van der Waals surface area (Å²) in [5.41, 5.74) is 7.68. The number of nitrogens with zero attached hydrogens (tertiary/aromatic N) is 1. The lowest BCUT2D eigenvalue weighted by atomic mass is 9.92. The van der Waals surface area contributed by atoms with Gasteiger partial charge in [0.05, 0.1) is 11.4 Å². The summed E-state index contributed by atoms with van der Waals surface area (Å²) < 4.78 is 27.4. The van der Waals surface area contributed by atoms with E-state index in [0.717, 1.165) is 56.9 Å². The molecule has 5 nitrogen and oxygen atoms in total. The monoisotopic (exact) mass is 336 g/mol. The molecule has 1 fully saturated rings. The Kier molecular flexibility index (Phi) is 4.73. The molecule has 3 rings (SSSR count). The van der Waals surface area contributed by atoms with Crippen LogP contribution in [-0.4, -0.2) is 31.2 Å². The van der Waals surface area contributed by atoms with Crippen molar-refractivity contribution in [2.24, 2.45) is 5.73 Å². The molecule has 126 valence electrons. The zero-order chi connectivity index (χ0) is 16.4. The quantitative estimate of drug-likeness (QED) is 0.893. The summed E-state index contributed by atoms with van der Waals surface area (Å²) in [6.07, 6.45) is 7.81. The summed E-state index contributed by atoms with van der Waals surface area (Å²) in [5.74, 6) is -0.599. The van der Waals surface area contributed by atoms with E-state index < -0.39 is 15.9 Å². The molecule has 0 bridgehead atoms. The van der Waals surface area contributed by atoms with Gasteiger partial charge in [0.2, 0.25) is 15.9 Å². The van der Waals surface area contributed by atoms with Crippen LogP contribution in [0.15, 0.2) is 23.1 Å². The van der Waals surface area contributed by atoms with Crippen molar-refractivity contribution in [1.82, 2.24) is 4.31 Å². The Labute approximate surface area is 137 Å². The number of fused-ring (bicyclic) bond motifs is 1. The maximum atomic E-state index is 13.1. The molecule has 23 heavy (non-hydrogen) atoms. The molecule has 1 amide bonds. The van der Waals surface area contributed by atoms with Crippen LogP contribution in [0.5, 0.6) is 0 Å². The van der Waals surface area contributed by atoms with E-state index in [1.165, 1.54) is 9.87 Å². The second kappa shape index (κ2) is 6.61. The molecular formula is C17H24N2O3S. The molecule has 0 aromatic heterocycles. The van der Waals surface area contributed by atoms with E-state index in [9.17, 15) is 13.2 Å². The van der Waals surface area contributed by atoms with Crippen molar-refractivity contribution in [1.29, 1.82) is 0 Å². The summed E-state index contributed by atoms with van der Waals surface area (Å²) in [6, 6.07) is 5.30. The fourth-order valence-corrected chi connectivity index (χ4v) is 5.46. The van der Waals surface area contributed by atoms with Gasteiger partial charge in [-0.05, 0) is 61.8 Å². The van der Waals surface area contributed by atoms with Crippen molar-refractivity contribution in [3.05, 3.63) is 29.3 Å². The maximum absolute atomic E-state index is 13.1. The Bertz CT molecular complexity index is 694. The molecule has 1 aromatic rings. The smallest absolute Gasteiger partial charge is 0.243 e. The molecule has 0 radical (unpaired) electrons. The summed E-state index contributed by atoms with van der Waals surface area (Å²) in [6.45, 7) is -0.232. The number of sulfonamides is 1. The van der Waals surface area contributed by atoms with Crippen molar-refractivity contribution in [3.8, 4) is 0 Å². The molecular weight excluding hydrogens is 312 g/mol. The van der Waals surface area contributed by atoms with E-state index in [1.54, 1.807) is 12.1 Å². The lowest BCUT2D eigenvalue weighted by Crippen LogP contribution is -2.44. The Morgan fingerprint density at radius 3 is 2.39 bits per heavy atom. The van der Waals surface area contributed by atoms with Crippen LogP contribution in [0.3, 0.4) is 0 Å². The van der Waals surface area contributed by atoms with E-state index in [1.807, 2.05) is 6.07 Å². The zero-order valence-electron chi connectivity index (χ0n) is 13.3. The molecule has 2 aliphatic rings. The number of hydrogen-bond acceptors (Lipinski definition) is 3. The van der Waals surface area contributed by atoms with Crippen LogP contribution in [0.4, 0.5) is 0 Å². The number of benzene rings is 1. The second-order valence-corrected chi connectivity index (χ2v) is 8.48. The molecule has 0 spiro atoms. The fraction of sp³-hybridized carbons (Fsp3) is 0.588. The Balaban J connectivity index is 1.95. The van der Waals surface area contributed by atoms with Crippen LogP contribution in [0.1, 0.15) is 49.7 Å². The van der Waals surface area contributed by atoms with Crippen molar-refractivity contribution in [2.45, 2.75) is 62.3 Å². The molecule has 2 aliphatic carbocycles. The number of rotatable bonds is 5. The third-order valence-electron chi connectivity index (χ3n) is 4.97. The fourth-order valence-electron chi connectivity index (χ4n) is 3.76. The van der Waals surface area contributed by atoms with Gasteiger partial charge in [0.15, 0.2) is 0 Å². The van der Waals surface area contributed by atoms with Gasteiger partial charge in [-0.2, -0.15) is 4.31 Å². The van der Waals surface area contributed by atoms with Gasteiger partial charge in [0.1, 0.15) is 0 Å². The van der Waals surface area contributed by atoms with Gasteiger partial charge in [-0.25, -0.2) is 8.42 Å². The van der Waals surface area contributed by atoms with E-state index in [0.29, 0.717) is 4.90 Å². The number of primary amides is 1. The Morgan fingerprint density at radius 1 is 1.09 bits per heavy atom. The number of aryl methyl sites for hydroxylation is 2. The van der Waals surface area contributed by atoms with E-state index >= 15 is 0 Å². The lowest BCUT2D eigenvalue weighted by molar-refractivity contribution is -0.118. The number of hydrogen-bond donors (Lipinski definition) is 1. The van der Waals surface area contributed by atoms with Crippen molar-refractivity contribution < 1.29 is 13.2 Å². The van der Waals surface area contributed by atoms with Crippen LogP contribution in [0, 0.1) is 0 Å². The highest BCUT2D eigenvalue weighted by atomic mass is 32.2. The molecule has 1 aromatic carbocycles. The average molecular weight is 336 g/mol. The standard InChI is InChI=1S/C17H24N2O3S/c18-17(20)12-19(15-7-3-4-8-15)23(21,22)16-10-9-13-5-1-2-6-14(13)11-16/h9-11,15H,1-8,12H2,(H2,18,20). The van der Waals surface area contributed by atoms with Crippen LogP contribution in [0.25, 0.3) is 0 Å². The predicted octanol–water partition coefficient (Wildman–Crippen LogP) is 1.98. The zero-order valence-corrected chi connectivity index (χ0v) is 14.1. The Morgan fingerprint density at radius 2 is 1.74 bits per heavy atom. The maximum Gasteiger partial charge on any atom is 0.243 e. The van der Waals surface area contributed by atoms with E-state index in [4.69, 9.17) is 5.73 Å². The minimum absolute atomic E-state index is 0.108. The third kappa shape index (κ3) is 3.43. The Hall–Kier alpha value is -1.40. The second-order valence-electron chi connectivity index (χ2n) is 6.59. The van der Waals surface area contributed by atoms with Crippen LogP contribution < -0.4 is 5.73 Å². The van der Waals surface area contributed by atoms with Gasteiger partial charge in [0, 0.05) is 6.04 Å². The van der Waals surface area contributed by atoms with Crippen LogP contribution in [0.2, 0.25) is 0 Å². The number of carbonyl (C=O) groups excluding carboxylic acids is 1. The summed E-state index contributed by atoms with van der Waals surface area (Å²) in [5, 5.41) is 0. The van der Waals surface area contributed by atoms with Crippen molar-refractivity contribution in [2.75, 3.05) is 6.54 Å². The number of nitrogens with two attached hydrogens (primary N) is 1. The highest BCUT2D eigenvalue weighted by Crippen LogP contribution is 2.30. The minimum atomic E-state index is -3.68. The first kappa shape index (κ1) is 16.5. The lowest BCUT2D eigenvalue weighted by Gasteiger charge is -2.27. The molecule has 0 saturated heterocycles. The normalized spacial score (nSPS) is 19.0. The topological polar surface area (TPSA) is 80.5 Å². The first-order chi connectivity index (χ1) is 11.0. The SMILES string of the molecule is NC(=O)CN(C1CCCC1)S(=O)(=O)c1ccc2c(c1)CCCC2. The predicted molar refractivity (Wildman–Crippen MR) is 88.4 cm³/mol. The van der Waals surface area contributed by atoms with E-state index in [-0.39, 0.29) is 12.6 Å². The molecule has 0 atom stereocenters. The summed E-state index contributed by atoms with van der Waals surface area (Å²) in [4.78, 5) is 11.7. The number of amides is 1. The molecule has 6 heteroatoms. The summed E-state index contributed by atoms with van der Waals surface area (Å²) in [7, 11) is -3.68. The highest BCUT2D eigenvalue weighted by molar-refractivity contribution is 7.89. The first-order valence-corrected chi connectivity index (χ1v) is 9.84. The van der Waals surface area contributed by atoms with E-state index in [2.05, 4.69) is 0 Å². The molecule has 0 unspecified atom stereocenters. The summed E-state index contributed by atoms with van der Waals surface area (Å²) >= 11 is 0. The van der Waals surface area contributed by atoms with Gasteiger partial charge in [-0.3, -0.25) is 4.79 Å². The van der Waals surface area contributed by atoms with Gasteiger partial charge in [-0.1, -0.05) is 18.9 Å². The van der Waals surface area contributed by atoms with Gasteiger partial charge in [-0.15, -0.1) is 0 Å². The van der Waals surface area contributed by atoms with Gasteiger partial charge < -0.3 is 5.73 Å². The van der Waals surface area contributed by atoms with Crippen molar-refractivity contribution in [3.63, 3.8) is 0 Å². The largest absolute Gasteiger partial charge is 0.369 e. The molecule has 0 heterocycles. The van der Waals surface area contributed by atoms with Gasteiger partial charge >= 0.3 is 0 Å². The van der Waals surface area contributed by atoms with Crippen molar-refractivity contribution >= 4 is 15.9 Å². The van der Waals surface area contributed by atoms with Crippen LogP contribution in [-0.2, 0) is 27.7 Å². The molecule has 1 saturated carbocycles. The first-order valence-electron chi connectivity index (χ1n) is 8.40. The minimum Gasteiger partial charge on any atom is -0.369 e. The molecule has 0 aliphatic heterocycles. The molecule has 2 N–H and O–H groups in total. The number of carbonyl (C=O) groups is 1. The third-order valence-corrected chi connectivity index (χ3v) is 6.86. The average Bonchev–Trinajstić information content (AvgIpc) is 3.05. The van der Waals surface area contributed by atoms with Crippen LogP contribution >= 0.6 is 0 Å².